The fourth-order valence-corrected chi connectivity index (χ4v) is 3.59. The molecule has 0 fully saturated rings. The molecule has 1 aromatic carbocycles. The lowest BCUT2D eigenvalue weighted by molar-refractivity contribution is 0.0775. The number of halogens is 1. The Kier molecular flexibility index (Phi) is 4.03. The highest BCUT2D eigenvalue weighted by molar-refractivity contribution is 7.15. The van der Waals surface area contributed by atoms with Gasteiger partial charge in [-0.15, -0.1) is 11.3 Å². The molecule has 0 N–H and O–H groups in total. The number of aromatic nitrogens is 3. The van der Waals surface area contributed by atoms with Crippen LogP contribution in [-0.2, 0) is 6.54 Å². The third-order valence-electron chi connectivity index (χ3n) is 3.79. The van der Waals surface area contributed by atoms with E-state index < -0.39 is 0 Å². The average Bonchev–Trinajstić information content (AvgIpc) is 3.30. The number of carbonyl (C=O) groups is 1. The van der Waals surface area contributed by atoms with E-state index in [0.29, 0.717) is 23.0 Å². The van der Waals surface area contributed by atoms with Gasteiger partial charge in [-0.2, -0.15) is 0 Å². The largest absolute Gasteiger partial charge is 0.364 e. The van der Waals surface area contributed by atoms with E-state index in [1.807, 2.05) is 40.2 Å². The first-order chi connectivity index (χ1) is 12.1. The first-order valence-electron chi connectivity index (χ1n) is 7.49. The summed E-state index contributed by atoms with van der Waals surface area (Å²) in [6.07, 6.45) is 3.35. The van der Waals surface area contributed by atoms with Crippen molar-refractivity contribution in [3.8, 4) is 11.3 Å². The van der Waals surface area contributed by atoms with Crippen LogP contribution in [0.1, 0.15) is 16.2 Å². The first kappa shape index (κ1) is 15.9. The Morgan fingerprint density at radius 2 is 2.28 bits per heavy atom. The number of thiazole rings is 1. The molecule has 4 rings (SSSR count). The van der Waals surface area contributed by atoms with Gasteiger partial charge in [-0.3, -0.25) is 9.20 Å². The summed E-state index contributed by atoms with van der Waals surface area (Å²) in [5, 5.41) is 6.30. The lowest BCUT2D eigenvalue weighted by Gasteiger charge is -2.14. The minimum absolute atomic E-state index is 0.107. The topological polar surface area (TPSA) is 63.6 Å². The van der Waals surface area contributed by atoms with Gasteiger partial charge in [0.1, 0.15) is 17.7 Å². The number of amides is 1. The number of hydrogen-bond donors (Lipinski definition) is 0. The van der Waals surface area contributed by atoms with Crippen LogP contribution in [0.4, 0.5) is 0 Å². The maximum Gasteiger partial charge on any atom is 0.271 e. The van der Waals surface area contributed by atoms with E-state index in [0.717, 1.165) is 16.2 Å². The van der Waals surface area contributed by atoms with Crippen molar-refractivity contribution in [2.75, 3.05) is 7.05 Å². The number of fused-ring (bicyclic) bond motifs is 1. The van der Waals surface area contributed by atoms with Crippen molar-refractivity contribution in [2.24, 2.45) is 0 Å². The van der Waals surface area contributed by atoms with Crippen molar-refractivity contribution in [3.05, 3.63) is 64.6 Å². The van der Waals surface area contributed by atoms with Gasteiger partial charge in [0.15, 0.2) is 4.96 Å². The Labute approximate surface area is 152 Å². The maximum absolute atomic E-state index is 12.8. The fraction of sp³-hybridized carbons (Fsp3) is 0.118. The Morgan fingerprint density at radius 3 is 3.04 bits per heavy atom. The van der Waals surface area contributed by atoms with Gasteiger partial charge in [0.05, 0.1) is 12.2 Å². The van der Waals surface area contributed by atoms with Crippen LogP contribution in [0.25, 0.3) is 16.2 Å². The molecule has 3 aromatic heterocycles. The molecule has 0 radical (unpaired) electrons. The van der Waals surface area contributed by atoms with Crippen molar-refractivity contribution in [1.82, 2.24) is 19.4 Å². The summed E-state index contributed by atoms with van der Waals surface area (Å²) in [5.74, 6) is -0.107. The quantitative estimate of drug-likeness (QED) is 0.543. The van der Waals surface area contributed by atoms with Crippen LogP contribution in [0.3, 0.4) is 0 Å². The molecule has 25 heavy (non-hydrogen) atoms. The molecule has 1 amide bonds. The third kappa shape index (κ3) is 3.04. The zero-order valence-corrected chi connectivity index (χ0v) is 14.8. The van der Waals surface area contributed by atoms with Crippen molar-refractivity contribution in [1.29, 1.82) is 0 Å². The fourth-order valence-electron chi connectivity index (χ4n) is 2.55. The van der Waals surface area contributed by atoms with Gasteiger partial charge in [0.25, 0.3) is 5.91 Å². The molecule has 0 aliphatic heterocycles. The molecule has 0 spiro atoms. The van der Waals surface area contributed by atoms with Gasteiger partial charge in [-0.25, -0.2) is 4.98 Å². The second kappa shape index (κ2) is 6.34. The first-order valence-corrected chi connectivity index (χ1v) is 8.75. The minimum atomic E-state index is -0.107. The lowest BCUT2D eigenvalue weighted by Crippen LogP contribution is -2.27. The normalized spacial score (nSPS) is 11.1. The zero-order chi connectivity index (χ0) is 17.4. The van der Waals surface area contributed by atoms with Crippen LogP contribution in [0.15, 0.2) is 52.7 Å². The number of nitrogens with zero attached hydrogens (tertiary/aromatic N) is 4. The van der Waals surface area contributed by atoms with Gasteiger partial charge in [-0.1, -0.05) is 28.9 Å². The van der Waals surface area contributed by atoms with E-state index in [9.17, 15) is 4.79 Å². The van der Waals surface area contributed by atoms with Gasteiger partial charge >= 0.3 is 0 Å². The molecule has 6 nitrogen and oxygen atoms in total. The predicted molar refractivity (Wildman–Crippen MR) is 95.8 cm³/mol. The molecule has 8 heteroatoms. The van der Waals surface area contributed by atoms with E-state index >= 15 is 0 Å². The molecule has 0 saturated heterocycles. The Balaban J connectivity index is 1.65. The molecule has 0 atom stereocenters. The number of imidazole rings is 1. The zero-order valence-electron chi connectivity index (χ0n) is 13.2. The molecule has 0 saturated carbocycles. The molecule has 126 valence electrons. The Hall–Kier alpha value is -2.64. The molecule has 0 aliphatic carbocycles. The summed E-state index contributed by atoms with van der Waals surface area (Å²) in [5.41, 5.74) is 2.96. The van der Waals surface area contributed by atoms with Crippen LogP contribution in [0.2, 0.25) is 5.02 Å². The second-order valence-corrected chi connectivity index (χ2v) is 6.83. The molecule has 4 aromatic rings. The van der Waals surface area contributed by atoms with E-state index in [1.165, 1.54) is 17.6 Å². The van der Waals surface area contributed by atoms with Gasteiger partial charge < -0.3 is 9.42 Å². The maximum atomic E-state index is 12.8. The van der Waals surface area contributed by atoms with Crippen molar-refractivity contribution in [3.63, 3.8) is 0 Å². The highest BCUT2D eigenvalue weighted by atomic mass is 35.5. The highest BCUT2D eigenvalue weighted by Crippen LogP contribution is 2.26. The molecule has 0 aliphatic rings. The van der Waals surface area contributed by atoms with E-state index in [1.54, 1.807) is 18.0 Å². The van der Waals surface area contributed by atoms with Crippen LogP contribution in [0, 0.1) is 0 Å². The standard InChI is InChI=1S/C17H13ClN4O2S/c1-21(8-13-5-6-24-20-13)16(23)15-10-25-17-19-14(9-22(15)17)11-3-2-4-12(18)7-11/h2-7,9-10H,8H2,1H3. The van der Waals surface area contributed by atoms with Crippen LogP contribution < -0.4 is 0 Å². The monoisotopic (exact) mass is 372 g/mol. The molecular formula is C17H13ClN4O2S. The van der Waals surface area contributed by atoms with E-state index in [4.69, 9.17) is 16.1 Å². The number of hydrogen-bond acceptors (Lipinski definition) is 5. The van der Waals surface area contributed by atoms with Gasteiger partial charge in [0, 0.05) is 35.3 Å². The van der Waals surface area contributed by atoms with Crippen molar-refractivity contribution in [2.45, 2.75) is 6.54 Å². The SMILES string of the molecule is CN(Cc1ccon1)C(=O)c1csc2nc(-c3cccc(Cl)c3)cn12. The summed E-state index contributed by atoms with van der Waals surface area (Å²) in [6.45, 7) is 0.378. The molecule has 0 unspecified atom stereocenters. The smallest absolute Gasteiger partial charge is 0.271 e. The number of benzene rings is 1. The second-order valence-electron chi connectivity index (χ2n) is 5.56. The van der Waals surface area contributed by atoms with Crippen LogP contribution in [0.5, 0.6) is 0 Å². The van der Waals surface area contributed by atoms with Crippen LogP contribution in [-0.4, -0.2) is 32.4 Å². The Morgan fingerprint density at radius 1 is 1.40 bits per heavy atom. The highest BCUT2D eigenvalue weighted by Gasteiger charge is 2.19. The molecule has 0 bridgehead atoms. The van der Waals surface area contributed by atoms with E-state index in [-0.39, 0.29) is 5.91 Å². The van der Waals surface area contributed by atoms with Gasteiger partial charge in [0.2, 0.25) is 0 Å². The number of rotatable bonds is 4. The summed E-state index contributed by atoms with van der Waals surface area (Å²) in [4.78, 5) is 19.7. The van der Waals surface area contributed by atoms with Crippen molar-refractivity contribution >= 4 is 33.8 Å². The summed E-state index contributed by atoms with van der Waals surface area (Å²) in [7, 11) is 1.73. The van der Waals surface area contributed by atoms with E-state index in [2.05, 4.69) is 10.1 Å². The lowest BCUT2D eigenvalue weighted by atomic mass is 10.2. The van der Waals surface area contributed by atoms with Crippen molar-refractivity contribution < 1.29 is 9.32 Å². The minimum Gasteiger partial charge on any atom is -0.364 e. The molecule has 3 heterocycles. The average molecular weight is 373 g/mol. The molecular weight excluding hydrogens is 360 g/mol. The third-order valence-corrected chi connectivity index (χ3v) is 4.86. The van der Waals surface area contributed by atoms with Crippen LogP contribution >= 0.6 is 22.9 Å². The summed E-state index contributed by atoms with van der Waals surface area (Å²) in [6, 6.07) is 9.23. The Bertz CT molecular complexity index is 1040. The predicted octanol–water partition coefficient (Wildman–Crippen LogP) is 3.98. The van der Waals surface area contributed by atoms with Gasteiger partial charge in [-0.05, 0) is 12.1 Å². The number of carbonyl (C=O) groups excluding carboxylic acids is 1. The summed E-state index contributed by atoms with van der Waals surface area (Å²) < 4.78 is 6.61. The summed E-state index contributed by atoms with van der Waals surface area (Å²) >= 11 is 7.48.